The molecule has 5 nitrogen and oxygen atoms in total. The Bertz CT molecular complexity index is 548. The van der Waals surface area contributed by atoms with E-state index in [1.54, 1.807) is 29.4 Å². The van der Waals surface area contributed by atoms with E-state index in [1.807, 2.05) is 11.4 Å². The molecular formula is C14H15NO4S. The molecule has 0 saturated carbocycles. The molecule has 0 N–H and O–H groups in total. The van der Waals surface area contributed by atoms with Crippen LogP contribution in [-0.2, 0) is 16.1 Å². The van der Waals surface area contributed by atoms with E-state index in [-0.39, 0.29) is 18.3 Å². The summed E-state index contributed by atoms with van der Waals surface area (Å²) in [7, 11) is 1.33. The second-order valence-electron chi connectivity index (χ2n) is 4.11. The molecule has 0 aliphatic rings. The van der Waals surface area contributed by atoms with Crippen LogP contribution in [0.1, 0.15) is 21.9 Å². The van der Waals surface area contributed by atoms with Gasteiger partial charge in [0.15, 0.2) is 0 Å². The van der Waals surface area contributed by atoms with Crippen LogP contribution in [0.2, 0.25) is 0 Å². The van der Waals surface area contributed by atoms with Crippen molar-refractivity contribution in [3.05, 3.63) is 46.5 Å². The van der Waals surface area contributed by atoms with E-state index in [4.69, 9.17) is 4.42 Å². The van der Waals surface area contributed by atoms with Crippen molar-refractivity contribution in [1.29, 1.82) is 0 Å². The van der Waals surface area contributed by atoms with Crippen molar-refractivity contribution in [2.75, 3.05) is 13.7 Å². The third-order valence-electron chi connectivity index (χ3n) is 2.76. The summed E-state index contributed by atoms with van der Waals surface area (Å²) in [6.07, 6.45) is 1.72. The zero-order chi connectivity index (χ0) is 14.4. The van der Waals surface area contributed by atoms with Crippen LogP contribution < -0.4 is 0 Å². The molecule has 6 heteroatoms. The quantitative estimate of drug-likeness (QED) is 0.768. The minimum absolute atomic E-state index is 0.111. The lowest BCUT2D eigenvalue weighted by atomic mass is 10.3. The number of rotatable bonds is 6. The van der Waals surface area contributed by atoms with Gasteiger partial charge in [-0.05, 0) is 23.6 Å². The molecule has 0 spiro atoms. The first-order valence-electron chi connectivity index (χ1n) is 6.12. The van der Waals surface area contributed by atoms with Crippen LogP contribution in [0.25, 0.3) is 0 Å². The second-order valence-corrected chi connectivity index (χ2v) is 5.06. The normalized spacial score (nSPS) is 10.2. The number of hydrogen-bond acceptors (Lipinski definition) is 5. The lowest BCUT2D eigenvalue weighted by Gasteiger charge is -2.20. The number of methoxy groups -OCH3 is 1. The number of furan rings is 1. The summed E-state index contributed by atoms with van der Waals surface area (Å²) in [5.74, 6) is 0.230. The first-order valence-corrected chi connectivity index (χ1v) is 7.00. The van der Waals surface area contributed by atoms with Crippen LogP contribution in [0.3, 0.4) is 0 Å². The van der Waals surface area contributed by atoms with Crippen molar-refractivity contribution in [2.45, 2.75) is 13.0 Å². The molecule has 0 unspecified atom stereocenters. The Kier molecular flexibility index (Phi) is 4.95. The monoisotopic (exact) mass is 293 g/mol. The zero-order valence-corrected chi connectivity index (χ0v) is 11.9. The van der Waals surface area contributed by atoms with Crippen molar-refractivity contribution in [3.8, 4) is 0 Å². The number of hydrogen-bond donors (Lipinski definition) is 0. The van der Waals surface area contributed by atoms with Crippen LogP contribution in [0, 0.1) is 0 Å². The van der Waals surface area contributed by atoms with Gasteiger partial charge >= 0.3 is 5.97 Å². The molecule has 0 bridgehead atoms. The van der Waals surface area contributed by atoms with Crippen molar-refractivity contribution in [1.82, 2.24) is 4.90 Å². The molecular weight excluding hydrogens is 278 g/mol. The summed E-state index contributed by atoms with van der Waals surface area (Å²) < 4.78 is 9.87. The van der Waals surface area contributed by atoms with Gasteiger partial charge in [-0.1, -0.05) is 6.07 Å². The molecule has 0 aliphatic carbocycles. The van der Waals surface area contributed by atoms with Crippen molar-refractivity contribution in [2.24, 2.45) is 0 Å². The molecule has 0 radical (unpaired) electrons. The van der Waals surface area contributed by atoms with Crippen LogP contribution in [-0.4, -0.2) is 30.4 Å². The molecule has 2 aromatic heterocycles. The molecule has 0 fully saturated rings. The fourth-order valence-corrected chi connectivity index (χ4v) is 2.42. The molecule has 2 rings (SSSR count). The van der Waals surface area contributed by atoms with Crippen molar-refractivity contribution in [3.63, 3.8) is 0 Å². The van der Waals surface area contributed by atoms with Crippen LogP contribution in [0.15, 0.2) is 40.3 Å². The Morgan fingerprint density at radius 2 is 2.20 bits per heavy atom. The van der Waals surface area contributed by atoms with E-state index in [2.05, 4.69) is 4.74 Å². The lowest BCUT2D eigenvalue weighted by molar-refractivity contribution is -0.140. The van der Waals surface area contributed by atoms with E-state index >= 15 is 0 Å². The third kappa shape index (κ3) is 3.71. The summed E-state index contributed by atoms with van der Waals surface area (Å²) in [4.78, 5) is 25.8. The van der Waals surface area contributed by atoms with E-state index in [0.717, 1.165) is 0 Å². The van der Waals surface area contributed by atoms with Gasteiger partial charge in [0.2, 0.25) is 0 Å². The Hall–Kier alpha value is -2.08. The summed E-state index contributed by atoms with van der Waals surface area (Å²) in [5.41, 5.74) is 0. The number of thiophene rings is 1. The Morgan fingerprint density at radius 1 is 1.35 bits per heavy atom. The van der Waals surface area contributed by atoms with Gasteiger partial charge in [0.05, 0.1) is 31.2 Å². The Morgan fingerprint density at radius 3 is 2.80 bits per heavy atom. The standard InChI is InChI=1S/C14H15NO4S/c1-18-13(16)6-7-15(10-11-4-2-8-19-11)14(17)12-5-3-9-20-12/h2-5,8-9H,6-7,10H2,1H3. The second kappa shape index (κ2) is 6.91. The lowest BCUT2D eigenvalue weighted by Crippen LogP contribution is -2.32. The van der Waals surface area contributed by atoms with Gasteiger partial charge < -0.3 is 14.1 Å². The summed E-state index contributed by atoms with van der Waals surface area (Å²) >= 11 is 1.37. The topological polar surface area (TPSA) is 59.8 Å². The number of amides is 1. The predicted octanol–water partition coefficient (Wildman–Crippen LogP) is 2.55. The fourth-order valence-electron chi connectivity index (χ4n) is 1.73. The number of esters is 1. The fraction of sp³-hybridized carbons (Fsp3) is 0.286. The predicted molar refractivity (Wildman–Crippen MR) is 74.4 cm³/mol. The maximum Gasteiger partial charge on any atom is 0.307 e. The zero-order valence-electron chi connectivity index (χ0n) is 11.1. The largest absolute Gasteiger partial charge is 0.469 e. The van der Waals surface area contributed by atoms with Gasteiger partial charge in [-0.3, -0.25) is 9.59 Å². The van der Waals surface area contributed by atoms with Crippen LogP contribution >= 0.6 is 11.3 Å². The molecule has 0 aromatic carbocycles. The molecule has 2 aromatic rings. The van der Waals surface area contributed by atoms with Crippen LogP contribution in [0.4, 0.5) is 0 Å². The number of carbonyl (C=O) groups is 2. The molecule has 2 heterocycles. The molecule has 0 atom stereocenters. The Balaban J connectivity index is 2.06. The minimum Gasteiger partial charge on any atom is -0.469 e. The number of ether oxygens (including phenoxy) is 1. The SMILES string of the molecule is COC(=O)CCN(Cc1ccco1)C(=O)c1cccs1. The van der Waals surface area contributed by atoms with Gasteiger partial charge in [-0.25, -0.2) is 0 Å². The Labute approximate surface area is 120 Å². The van der Waals surface area contributed by atoms with E-state index in [0.29, 0.717) is 23.7 Å². The highest BCUT2D eigenvalue weighted by molar-refractivity contribution is 7.12. The highest BCUT2D eigenvalue weighted by atomic mass is 32.1. The van der Waals surface area contributed by atoms with E-state index in [1.165, 1.54) is 18.4 Å². The average molecular weight is 293 g/mol. The molecule has 20 heavy (non-hydrogen) atoms. The minimum atomic E-state index is -0.339. The first-order chi connectivity index (χ1) is 9.70. The molecule has 1 amide bonds. The summed E-state index contributed by atoms with van der Waals surface area (Å²) in [6, 6.07) is 7.15. The van der Waals surface area contributed by atoms with Gasteiger partial charge in [-0.2, -0.15) is 0 Å². The average Bonchev–Trinajstić information content (AvgIpc) is 3.14. The summed E-state index contributed by atoms with van der Waals surface area (Å²) in [5, 5.41) is 1.85. The highest BCUT2D eigenvalue weighted by Crippen LogP contribution is 2.15. The van der Waals surface area contributed by atoms with Gasteiger partial charge in [0.1, 0.15) is 5.76 Å². The third-order valence-corrected chi connectivity index (χ3v) is 3.62. The maximum absolute atomic E-state index is 12.4. The number of nitrogens with zero attached hydrogens (tertiary/aromatic N) is 1. The number of carbonyl (C=O) groups excluding carboxylic acids is 2. The van der Waals surface area contributed by atoms with Crippen LogP contribution in [0.5, 0.6) is 0 Å². The van der Waals surface area contributed by atoms with Crippen molar-refractivity contribution < 1.29 is 18.7 Å². The van der Waals surface area contributed by atoms with Gasteiger partial charge in [0, 0.05) is 6.54 Å². The van der Waals surface area contributed by atoms with E-state index < -0.39 is 0 Å². The highest BCUT2D eigenvalue weighted by Gasteiger charge is 2.19. The molecule has 106 valence electrons. The van der Waals surface area contributed by atoms with E-state index in [9.17, 15) is 9.59 Å². The van der Waals surface area contributed by atoms with Crippen molar-refractivity contribution >= 4 is 23.2 Å². The van der Waals surface area contributed by atoms with Gasteiger partial charge in [-0.15, -0.1) is 11.3 Å². The van der Waals surface area contributed by atoms with Gasteiger partial charge in [0.25, 0.3) is 5.91 Å². The first kappa shape index (κ1) is 14.3. The molecule has 0 aliphatic heterocycles. The molecule has 0 saturated heterocycles. The smallest absolute Gasteiger partial charge is 0.307 e. The summed E-state index contributed by atoms with van der Waals surface area (Å²) in [6.45, 7) is 0.630. The maximum atomic E-state index is 12.4.